The molecule has 0 aromatic heterocycles. The summed E-state index contributed by atoms with van der Waals surface area (Å²) >= 11 is 0. The fourth-order valence-electron chi connectivity index (χ4n) is 1.57. The van der Waals surface area contributed by atoms with Gasteiger partial charge in [-0.3, -0.25) is 4.79 Å². The van der Waals surface area contributed by atoms with Crippen molar-refractivity contribution in [3.8, 4) is 0 Å². The highest BCUT2D eigenvalue weighted by atomic mass is 16.6. The molecular formula is C13H8O4. The standard InChI is InChI=1S/C13H8O4/c14-8-12(15)17-13(16)11-7-3-5-9-4-1-2-6-10(9)11/h1-8H. The number of esters is 2. The molecule has 0 saturated heterocycles. The van der Waals surface area contributed by atoms with Crippen LogP contribution in [0.4, 0.5) is 0 Å². The zero-order valence-electron chi connectivity index (χ0n) is 8.75. The van der Waals surface area contributed by atoms with Crippen molar-refractivity contribution in [2.75, 3.05) is 0 Å². The summed E-state index contributed by atoms with van der Waals surface area (Å²) in [7, 11) is 0. The van der Waals surface area contributed by atoms with Crippen molar-refractivity contribution in [2.24, 2.45) is 0 Å². The first-order valence-corrected chi connectivity index (χ1v) is 4.91. The van der Waals surface area contributed by atoms with Gasteiger partial charge in [0.15, 0.2) is 0 Å². The van der Waals surface area contributed by atoms with E-state index in [2.05, 4.69) is 4.74 Å². The van der Waals surface area contributed by atoms with Gasteiger partial charge in [0.2, 0.25) is 6.29 Å². The number of benzene rings is 2. The van der Waals surface area contributed by atoms with Crippen LogP contribution in [0.3, 0.4) is 0 Å². The molecule has 0 aliphatic rings. The van der Waals surface area contributed by atoms with E-state index in [1.54, 1.807) is 24.3 Å². The molecule has 0 unspecified atom stereocenters. The van der Waals surface area contributed by atoms with E-state index in [0.29, 0.717) is 5.39 Å². The van der Waals surface area contributed by atoms with Gasteiger partial charge < -0.3 is 4.74 Å². The van der Waals surface area contributed by atoms with E-state index in [1.807, 2.05) is 18.2 Å². The average Bonchev–Trinajstić information content (AvgIpc) is 2.37. The summed E-state index contributed by atoms with van der Waals surface area (Å²) in [6.45, 7) is 0. The molecule has 2 aromatic carbocycles. The molecule has 0 saturated carbocycles. The Hall–Kier alpha value is -2.49. The van der Waals surface area contributed by atoms with Gasteiger partial charge in [-0.25, -0.2) is 9.59 Å². The number of rotatable bonds is 2. The molecule has 2 rings (SSSR count). The Kier molecular flexibility index (Phi) is 2.96. The molecule has 0 N–H and O–H groups in total. The first kappa shape index (κ1) is 11.0. The number of carbonyl (C=O) groups is 3. The second-order valence-corrected chi connectivity index (χ2v) is 3.35. The number of hydrogen-bond acceptors (Lipinski definition) is 4. The van der Waals surface area contributed by atoms with E-state index in [1.165, 1.54) is 0 Å². The fraction of sp³-hybridized carbons (Fsp3) is 0. The average molecular weight is 228 g/mol. The molecule has 0 radical (unpaired) electrons. The van der Waals surface area contributed by atoms with Gasteiger partial charge in [-0.1, -0.05) is 36.4 Å². The number of ether oxygens (including phenoxy) is 1. The molecule has 17 heavy (non-hydrogen) atoms. The Morgan fingerprint density at radius 2 is 1.71 bits per heavy atom. The second kappa shape index (κ2) is 4.57. The highest BCUT2D eigenvalue weighted by molar-refractivity contribution is 6.24. The Morgan fingerprint density at radius 1 is 1.00 bits per heavy atom. The summed E-state index contributed by atoms with van der Waals surface area (Å²) in [5.41, 5.74) is 0.262. The van der Waals surface area contributed by atoms with Crippen LogP contribution < -0.4 is 0 Å². The summed E-state index contributed by atoms with van der Waals surface area (Å²) < 4.78 is 4.35. The lowest BCUT2D eigenvalue weighted by Gasteiger charge is -2.04. The molecule has 0 aliphatic carbocycles. The second-order valence-electron chi connectivity index (χ2n) is 3.35. The lowest BCUT2D eigenvalue weighted by Crippen LogP contribution is -2.13. The zero-order chi connectivity index (χ0) is 12.3. The van der Waals surface area contributed by atoms with Crippen LogP contribution in [0.5, 0.6) is 0 Å². The van der Waals surface area contributed by atoms with E-state index in [4.69, 9.17) is 0 Å². The minimum Gasteiger partial charge on any atom is -0.384 e. The molecule has 0 bridgehead atoms. The minimum absolute atomic E-state index is 0.0387. The van der Waals surface area contributed by atoms with Gasteiger partial charge in [0.05, 0.1) is 5.56 Å². The van der Waals surface area contributed by atoms with E-state index in [0.717, 1.165) is 5.39 Å². The molecule has 0 fully saturated rings. The molecule has 0 amide bonds. The molecule has 4 nitrogen and oxygen atoms in total. The van der Waals surface area contributed by atoms with Gasteiger partial charge in [-0.2, -0.15) is 0 Å². The molecule has 0 spiro atoms. The van der Waals surface area contributed by atoms with Crippen LogP contribution in [0.15, 0.2) is 42.5 Å². The van der Waals surface area contributed by atoms with Crippen LogP contribution in [0.2, 0.25) is 0 Å². The van der Waals surface area contributed by atoms with Crippen LogP contribution in [0.25, 0.3) is 10.8 Å². The largest absolute Gasteiger partial charge is 0.384 e. The SMILES string of the molecule is O=CC(=O)OC(=O)c1cccc2ccccc12. The first-order valence-electron chi connectivity index (χ1n) is 4.91. The maximum Gasteiger partial charge on any atom is 0.379 e. The highest BCUT2D eigenvalue weighted by Gasteiger charge is 2.14. The van der Waals surface area contributed by atoms with Crippen molar-refractivity contribution in [3.63, 3.8) is 0 Å². The van der Waals surface area contributed by atoms with E-state index in [9.17, 15) is 14.4 Å². The number of aldehydes is 1. The van der Waals surface area contributed by atoms with Gasteiger partial charge in [-0.05, 0) is 16.8 Å². The monoisotopic (exact) mass is 228 g/mol. The van der Waals surface area contributed by atoms with Crippen molar-refractivity contribution < 1.29 is 19.1 Å². The Bertz CT molecular complexity index is 596. The summed E-state index contributed by atoms with van der Waals surface area (Å²) in [5.74, 6) is -2.01. The number of hydrogen-bond donors (Lipinski definition) is 0. The quantitative estimate of drug-likeness (QED) is 0.340. The third kappa shape index (κ3) is 2.20. The lowest BCUT2D eigenvalue weighted by atomic mass is 10.1. The van der Waals surface area contributed by atoms with Crippen molar-refractivity contribution >= 4 is 29.0 Å². The smallest absolute Gasteiger partial charge is 0.379 e. The van der Waals surface area contributed by atoms with Crippen molar-refractivity contribution in [1.29, 1.82) is 0 Å². The van der Waals surface area contributed by atoms with Crippen LogP contribution in [0, 0.1) is 0 Å². The van der Waals surface area contributed by atoms with E-state index in [-0.39, 0.29) is 11.8 Å². The maximum absolute atomic E-state index is 11.6. The normalized spacial score (nSPS) is 9.88. The van der Waals surface area contributed by atoms with E-state index < -0.39 is 11.9 Å². The summed E-state index contributed by atoms with van der Waals surface area (Å²) in [6, 6.07) is 12.3. The topological polar surface area (TPSA) is 60.4 Å². The van der Waals surface area contributed by atoms with Crippen molar-refractivity contribution in [1.82, 2.24) is 0 Å². The van der Waals surface area contributed by atoms with Gasteiger partial charge in [-0.15, -0.1) is 0 Å². The van der Waals surface area contributed by atoms with Crippen LogP contribution >= 0.6 is 0 Å². The number of carbonyl (C=O) groups excluding carboxylic acids is 3. The molecule has 4 heteroatoms. The predicted molar refractivity (Wildman–Crippen MR) is 60.4 cm³/mol. The van der Waals surface area contributed by atoms with Crippen molar-refractivity contribution in [2.45, 2.75) is 0 Å². The van der Waals surface area contributed by atoms with Crippen LogP contribution in [-0.2, 0) is 14.3 Å². The Labute approximate surface area is 96.8 Å². The highest BCUT2D eigenvalue weighted by Crippen LogP contribution is 2.19. The van der Waals surface area contributed by atoms with E-state index >= 15 is 0 Å². The summed E-state index contributed by atoms with van der Waals surface area (Å²) in [6.07, 6.45) is -0.0387. The summed E-state index contributed by atoms with van der Waals surface area (Å²) in [5, 5.41) is 1.54. The first-order chi connectivity index (χ1) is 8.22. The summed E-state index contributed by atoms with van der Waals surface area (Å²) in [4.78, 5) is 32.5. The molecule has 0 atom stereocenters. The van der Waals surface area contributed by atoms with Gasteiger partial charge >= 0.3 is 11.9 Å². The molecule has 2 aromatic rings. The molecule has 84 valence electrons. The Morgan fingerprint density at radius 3 is 2.47 bits per heavy atom. The fourth-order valence-corrected chi connectivity index (χ4v) is 1.57. The molecular weight excluding hydrogens is 220 g/mol. The maximum atomic E-state index is 11.6. The number of fused-ring (bicyclic) bond motifs is 1. The van der Waals surface area contributed by atoms with Crippen molar-refractivity contribution in [3.05, 3.63) is 48.0 Å². The minimum atomic E-state index is -1.19. The van der Waals surface area contributed by atoms with Gasteiger partial charge in [0.1, 0.15) is 0 Å². The third-order valence-corrected chi connectivity index (χ3v) is 2.30. The van der Waals surface area contributed by atoms with Gasteiger partial charge in [0, 0.05) is 0 Å². The van der Waals surface area contributed by atoms with Crippen LogP contribution in [0.1, 0.15) is 10.4 Å². The van der Waals surface area contributed by atoms with Crippen LogP contribution in [-0.4, -0.2) is 18.2 Å². The molecule has 0 aliphatic heterocycles. The molecule has 0 heterocycles. The zero-order valence-corrected chi connectivity index (χ0v) is 8.75. The lowest BCUT2D eigenvalue weighted by molar-refractivity contribution is -0.144. The van der Waals surface area contributed by atoms with Gasteiger partial charge in [0.25, 0.3) is 0 Å². The third-order valence-electron chi connectivity index (χ3n) is 2.30. The Balaban J connectivity index is 2.45. The predicted octanol–water partition coefficient (Wildman–Crippen LogP) is 1.72.